The smallest absolute Gasteiger partial charge is 0.130 e. The van der Waals surface area contributed by atoms with Crippen molar-refractivity contribution in [1.29, 1.82) is 0 Å². The molecule has 1 heterocycles. The summed E-state index contributed by atoms with van der Waals surface area (Å²) < 4.78 is 11.7. The maximum atomic E-state index is 5.89. The summed E-state index contributed by atoms with van der Waals surface area (Å²) in [5, 5.41) is 0. The quantitative estimate of drug-likeness (QED) is 0.386. The SMILES string of the molecule is Cc1ccc(Oc2ccc(Cc3ccc(Oc4ccncc4)cc3)cc2)cc1. The number of aryl methyl sites for hydroxylation is 1. The Bertz CT molecular complexity index is 1010. The van der Waals surface area contributed by atoms with Crippen LogP contribution in [-0.4, -0.2) is 4.98 Å². The number of hydrogen-bond acceptors (Lipinski definition) is 3. The van der Waals surface area contributed by atoms with E-state index >= 15 is 0 Å². The summed E-state index contributed by atoms with van der Waals surface area (Å²) in [4.78, 5) is 3.99. The van der Waals surface area contributed by atoms with Gasteiger partial charge in [-0.15, -0.1) is 0 Å². The highest BCUT2D eigenvalue weighted by molar-refractivity contribution is 5.37. The van der Waals surface area contributed by atoms with Gasteiger partial charge in [0.2, 0.25) is 0 Å². The van der Waals surface area contributed by atoms with Crippen molar-refractivity contribution in [2.45, 2.75) is 13.3 Å². The molecule has 3 aromatic carbocycles. The maximum Gasteiger partial charge on any atom is 0.130 e. The summed E-state index contributed by atoms with van der Waals surface area (Å²) in [7, 11) is 0. The lowest BCUT2D eigenvalue weighted by Crippen LogP contribution is -1.90. The van der Waals surface area contributed by atoms with Gasteiger partial charge < -0.3 is 9.47 Å². The predicted molar refractivity (Wildman–Crippen MR) is 111 cm³/mol. The zero-order chi connectivity index (χ0) is 19.2. The Morgan fingerprint density at radius 3 is 1.39 bits per heavy atom. The van der Waals surface area contributed by atoms with Gasteiger partial charge in [-0.25, -0.2) is 0 Å². The normalized spacial score (nSPS) is 10.5. The average Bonchev–Trinajstić information content (AvgIpc) is 2.73. The van der Waals surface area contributed by atoms with Crippen molar-refractivity contribution in [3.05, 3.63) is 114 Å². The molecule has 1 aromatic heterocycles. The molecule has 0 unspecified atom stereocenters. The molecule has 3 nitrogen and oxygen atoms in total. The Morgan fingerprint density at radius 1 is 0.536 bits per heavy atom. The molecular formula is C25H21NO2. The summed E-state index contributed by atoms with van der Waals surface area (Å²) in [6.07, 6.45) is 4.30. The third-order valence-electron chi connectivity index (χ3n) is 4.40. The Hall–Kier alpha value is -3.59. The molecule has 4 rings (SSSR count). The van der Waals surface area contributed by atoms with Crippen LogP contribution in [0.1, 0.15) is 16.7 Å². The Morgan fingerprint density at radius 2 is 0.929 bits per heavy atom. The van der Waals surface area contributed by atoms with E-state index < -0.39 is 0 Å². The number of pyridine rings is 1. The molecule has 0 amide bonds. The van der Waals surface area contributed by atoms with E-state index in [2.05, 4.69) is 36.2 Å². The molecule has 0 N–H and O–H groups in total. The molecule has 0 radical (unpaired) electrons. The Kier molecular flexibility index (Phi) is 5.34. The number of benzene rings is 3. The first-order valence-electron chi connectivity index (χ1n) is 9.25. The first-order chi connectivity index (χ1) is 13.7. The highest BCUT2D eigenvalue weighted by atomic mass is 16.5. The van der Waals surface area contributed by atoms with Crippen molar-refractivity contribution < 1.29 is 9.47 Å². The molecule has 0 bridgehead atoms. The van der Waals surface area contributed by atoms with E-state index in [0.717, 1.165) is 29.4 Å². The van der Waals surface area contributed by atoms with Crippen molar-refractivity contribution in [2.75, 3.05) is 0 Å². The number of ether oxygens (including phenoxy) is 2. The molecule has 0 fully saturated rings. The summed E-state index contributed by atoms with van der Waals surface area (Å²) in [6.45, 7) is 2.07. The molecule has 0 aliphatic heterocycles. The fourth-order valence-electron chi connectivity index (χ4n) is 2.87. The van der Waals surface area contributed by atoms with E-state index in [0.29, 0.717) is 0 Å². The largest absolute Gasteiger partial charge is 0.457 e. The van der Waals surface area contributed by atoms with Crippen LogP contribution in [0.4, 0.5) is 0 Å². The van der Waals surface area contributed by atoms with E-state index in [1.165, 1.54) is 16.7 Å². The molecule has 4 aromatic rings. The second-order valence-corrected chi connectivity index (χ2v) is 6.66. The standard InChI is InChI=1S/C25H21NO2/c1-19-2-8-22(9-3-19)27-23-10-4-20(5-11-23)18-21-6-12-24(13-7-21)28-25-14-16-26-17-15-25/h2-17H,18H2,1H3. The van der Waals surface area contributed by atoms with E-state index in [1.54, 1.807) is 12.4 Å². The van der Waals surface area contributed by atoms with Gasteiger partial charge in [0.15, 0.2) is 0 Å². The van der Waals surface area contributed by atoms with E-state index in [9.17, 15) is 0 Å². The first kappa shape index (κ1) is 17.8. The van der Waals surface area contributed by atoms with Crippen LogP contribution in [0.3, 0.4) is 0 Å². The summed E-state index contributed by atoms with van der Waals surface area (Å²) in [6, 6.07) is 28.1. The molecule has 3 heteroatoms. The van der Waals surface area contributed by atoms with Gasteiger partial charge in [-0.05, 0) is 73.0 Å². The molecule has 138 valence electrons. The Balaban J connectivity index is 1.36. The second-order valence-electron chi connectivity index (χ2n) is 6.66. The lowest BCUT2D eigenvalue weighted by Gasteiger charge is -2.08. The summed E-state index contributed by atoms with van der Waals surface area (Å²) in [5.41, 5.74) is 3.69. The van der Waals surface area contributed by atoms with Crippen molar-refractivity contribution >= 4 is 0 Å². The fraction of sp³-hybridized carbons (Fsp3) is 0.0800. The molecule has 0 saturated carbocycles. The zero-order valence-corrected chi connectivity index (χ0v) is 15.7. The van der Waals surface area contributed by atoms with E-state index in [4.69, 9.17) is 9.47 Å². The predicted octanol–water partition coefficient (Wildman–Crippen LogP) is 6.57. The summed E-state index contributed by atoms with van der Waals surface area (Å²) >= 11 is 0. The fourth-order valence-corrected chi connectivity index (χ4v) is 2.87. The maximum absolute atomic E-state index is 5.89. The van der Waals surface area contributed by atoms with Gasteiger partial charge in [-0.2, -0.15) is 0 Å². The summed E-state index contributed by atoms with van der Waals surface area (Å²) in [5.74, 6) is 3.29. The van der Waals surface area contributed by atoms with Crippen molar-refractivity contribution in [1.82, 2.24) is 4.98 Å². The monoisotopic (exact) mass is 367 g/mol. The molecular weight excluding hydrogens is 346 g/mol. The number of aromatic nitrogens is 1. The average molecular weight is 367 g/mol. The zero-order valence-electron chi connectivity index (χ0n) is 15.7. The topological polar surface area (TPSA) is 31.4 Å². The van der Waals surface area contributed by atoms with Gasteiger partial charge in [-0.1, -0.05) is 42.0 Å². The second kappa shape index (κ2) is 8.40. The van der Waals surface area contributed by atoms with Crippen LogP contribution >= 0.6 is 0 Å². The first-order valence-corrected chi connectivity index (χ1v) is 9.25. The van der Waals surface area contributed by atoms with Gasteiger partial charge in [0, 0.05) is 12.4 Å². The lowest BCUT2D eigenvalue weighted by molar-refractivity contribution is 0.482. The molecule has 0 atom stereocenters. The minimum absolute atomic E-state index is 0.784. The van der Waals surface area contributed by atoms with E-state index in [1.807, 2.05) is 60.7 Å². The van der Waals surface area contributed by atoms with Crippen molar-refractivity contribution in [3.63, 3.8) is 0 Å². The Labute approximate surface area is 165 Å². The van der Waals surface area contributed by atoms with Crippen LogP contribution in [-0.2, 0) is 6.42 Å². The lowest BCUT2D eigenvalue weighted by atomic mass is 10.0. The minimum atomic E-state index is 0.784. The van der Waals surface area contributed by atoms with Crippen molar-refractivity contribution in [2.24, 2.45) is 0 Å². The number of hydrogen-bond donors (Lipinski definition) is 0. The van der Waals surface area contributed by atoms with Gasteiger partial charge in [0.05, 0.1) is 0 Å². The molecule has 0 aliphatic rings. The molecule has 28 heavy (non-hydrogen) atoms. The van der Waals surface area contributed by atoms with Crippen LogP contribution in [0.15, 0.2) is 97.3 Å². The third-order valence-corrected chi connectivity index (χ3v) is 4.40. The molecule has 0 spiro atoms. The number of rotatable bonds is 6. The van der Waals surface area contributed by atoms with Gasteiger partial charge >= 0.3 is 0 Å². The van der Waals surface area contributed by atoms with Gasteiger partial charge in [-0.3, -0.25) is 4.98 Å². The van der Waals surface area contributed by atoms with Crippen LogP contribution < -0.4 is 9.47 Å². The van der Waals surface area contributed by atoms with Gasteiger partial charge in [0.25, 0.3) is 0 Å². The highest BCUT2D eigenvalue weighted by Crippen LogP contribution is 2.24. The van der Waals surface area contributed by atoms with E-state index in [-0.39, 0.29) is 0 Å². The highest BCUT2D eigenvalue weighted by Gasteiger charge is 2.02. The van der Waals surface area contributed by atoms with Crippen LogP contribution in [0.25, 0.3) is 0 Å². The van der Waals surface area contributed by atoms with Crippen LogP contribution in [0.2, 0.25) is 0 Å². The van der Waals surface area contributed by atoms with Crippen LogP contribution in [0.5, 0.6) is 23.0 Å². The van der Waals surface area contributed by atoms with Crippen molar-refractivity contribution in [3.8, 4) is 23.0 Å². The van der Waals surface area contributed by atoms with Crippen LogP contribution in [0, 0.1) is 6.92 Å². The minimum Gasteiger partial charge on any atom is -0.457 e. The molecule has 0 saturated heterocycles. The number of nitrogens with zero attached hydrogens (tertiary/aromatic N) is 1. The van der Waals surface area contributed by atoms with Gasteiger partial charge in [0.1, 0.15) is 23.0 Å². The molecule has 0 aliphatic carbocycles. The third kappa shape index (κ3) is 4.77.